The van der Waals surface area contributed by atoms with Gasteiger partial charge in [-0.25, -0.2) is 0 Å². The SMILES string of the molecule is COc1cc(OC)c(-c2cccc(-c3c(OC)cc(OC)cc3OC)c2P2C(c3ccccc3C(C)C)CC(=O)CC2c2ccccc2C(C)C)c(OC)c1. The summed E-state index contributed by atoms with van der Waals surface area (Å²) in [5.41, 5.74) is 8.24. The van der Waals surface area contributed by atoms with Crippen LogP contribution < -0.4 is 33.7 Å². The first kappa shape index (κ1) is 39.7. The number of hydrogen-bond donors (Lipinski definition) is 0. The van der Waals surface area contributed by atoms with Crippen molar-refractivity contribution < 1.29 is 33.2 Å². The molecule has 55 heavy (non-hydrogen) atoms. The Labute approximate surface area is 327 Å². The largest absolute Gasteiger partial charge is 0.496 e. The van der Waals surface area contributed by atoms with E-state index < -0.39 is 7.92 Å². The molecule has 1 aliphatic heterocycles. The van der Waals surface area contributed by atoms with Gasteiger partial charge in [-0.3, -0.25) is 4.79 Å². The number of Topliss-reactive ketones (excluding diaryl/α,β-unsaturated/α-hetero) is 1. The van der Waals surface area contributed by atoms with Gasteiger partial charge in [0.15, 0.2) is 0 Å². The Kier molecular flexibility index (Phi) is 12.4. The maximum Gasteiger partial charge on any atom is 0.134 e. The average molecular weight is 761 g/mol. The molecular weight excluding hydrogens is 707 g/mol. The van der Waals surface area contributed by atoms with Crippen LogP contribution in [0.1, 0.15) is 85.9 Å². The van der Waals surface area contributed by atoms with E-state index in [2.05, 4.69) is 94.4 Å². The van der Waals surface area contributed by atoms with Gasteiger partial charge < -0.3 is 28.4 Å². The zero-order valence-corrected chi connectivity index (χ0v) is 34.6. The highest BCUT2D eigenvalue weighted by Gasteiger charge is 2.44. The first-order valence-electron chi connectivity index (χ1n) is 18.8. The van der Waals surface area contributed by atoms with Gasteiger partial charge in [0.2, 0.25) is 0 Å². The second kappa shape index (κ2) is 17.2. The number of carbonyl (C=O) groups is 1. The van der Waals surface area contributed by atoms with Crippen LogP contribution in [0.4, 0.5) is 0 Å². The minimum Gasteiger partial charge on any atom is -0.496 e. The number of benzene rings is 5. The Morgan fingerprint density at radius 2 is 0.873 bits per heavy atom. The van der Waals surface area contributed by atoms with Gasteiger partial charge >= 0.3 is 0 Å². The molecule has 5 aromatic carbocycles. The minimum absolute atomic E-state index is 0.106. The van der Waals surface area contributed by atoms with Gasteiger partial charge in [0.25, 0.3) is 0 Å². The van der Waals surface area contributed by atoms with E-state index in [-0.39, 0.29) is 28.9 Å². The monoisotopic (exact) mass is 760 g/mol. The van der Waals surface area contributed by atoms with Crippen LogP contribution in [-0.4, -0.2) is 48.4 Å². The minimum atomic E-state index is -1.24. The normalized spacial score (nSPS) is 16.9. The Morgan fingerprint density at radius 1 is 0.509 bits per heavy atom. The predicted octanol–water partition coefficient (Wildman–Crippen LogP) is 11.3. The molecule has 0 aromatic heterocycles. The number of ketones is 1. The van der Waals surface area contributed by atoms with E-state index in [9.17, 15) is 4.79 Å². The topological polar surface area (TPSA) is 72.5 Å². The second-order valence-corrected chi connectivity index (χ2v) is 17.0. The van der Waals surface area contributed by atoms with E-state index in [1.807, 2.05) is 24.3 Å². The van der Waals surface area contributed by atoms with Crippen LogP contribution >= 0.6 is 7.92 Å². The predicted molar refractivity (Wildman–Crippen MR) is 224 cm³/mol. The van der Waals surface area contributed by atoms with Crippen molar-refractivity contribution in [1.82, 2.24) is 0 Å². The fraction of sp³-hybridized carbons (Fsp3) is 0.340. The van der Waals surface area contributed by atoms with Crippen LogP contribution in [0.25, 0.3) is 22.3 Å². The van der Waals surface area contributed by atoms with E-state index in [4.69, 9.17) is 28.4 Å². The lowest BCUT2D eigenvalue weighted by atomic mass is 9.90. The van der Waals surface area contributed by atoms with Crippen molar-refractivity contribution in [3.05, 3.63) is 113 Å². The molecule has 1 fully saturated rings. The summed E-state index contributed by atoms with van der Waals surface area (Å²) in [5.74, 6) is 4.48. The van der Waals surface area contributed by atoms with E-state index in [0.717, 1.165) is 27.6 Å². The van der Waals surface area contributed by atoms with Crippen molar-refractivity contribution in [1.29, 1.82) is 0 Å². The van der Waals surface area contributed by atoms with Crippen molar-refractivity contribution in [2.45, 2.75) is 63.7 Å². The van der Waals surface area contributed by atoms with Gasteiger partial charge in [-0.05, 0) is 50.5 Å². The fourth-order valence-electron chi connectivity index (χ4n) is 8.21. The molecule has 0 saturated carbocycles. The standard InChI is InChI=1S/C47H53O7P/c1-28(2)33-16-11-13-18-35(33)43-22-30(48)23-44(36-19-14-12-17-34(36)29(3)4)55(43)47-37(45-39(51-7)24-31(49-5)25-40(45)52-8)20-15-21-38(47)46-41(53-9)26-32(50-6)27-42(46)54-10/h11-21,24-29,43-44H,22-23H2,1-10H3. The molecule has 0 N–H and O–H groups in total. The Bertz CT molecular complexity index is 1960. The first-order chi connectivity index (χ1) is 26.6. The summed E-state index contributed by atoms with van der Waals surface area (Å²) in [6.07, 6.45) is 0.856. The van der Waals surface area contributed by atoms with E-state index >= 15 is 0 Å². The fourth-order valence-corrected chi connectivity index (χ4v) is 12.1. The van der Waals surface area contributed by atoms with Crippen molar-refractivity contribution in [2.75, 3.05) is 42.7 Å². The van der Waals surface area contributed by atoms with Gasteiger partial charge in [0.05, 0.1) is 53.8 Å². The molecule has 0 amide bonds. The first-order valence-corrected chi connectivity index (χ1v) is 20.3. The lowest BCUT2D eigenvalue weighted by Gasteiger charge is -2.43. The highest BCUT2D eigenvalue weighted by Crippen LogP contribution is 2.69. The molecule has 0 bridgehead atoms. The maximum absolute atomic E-state index is 14.3. The number of hydrogen-bond acceptors (Lipinski definition) is 7. The van der Waals surface area contributed by atoms with Gasteiger partial charge in [-0.2, -0.15) is 0 Å². The van der Waals surface area contributed by atoms with Crippen LogP contribution in [0.2, 0.25) is 0 Å². The third-order valence-electron chi connectivity index (χ3n) is 10.7. The van der Waals surface area contributed by atoms with Crippen molar-refractivity contribution in [2.24, 2.45) is 0 Å². The van der Waals surface area contributed by atoms with Gasteiger partial charge in [-0.1, -0.05) is 102 Å². The lowest BCUT2D eigenvalue weighted by molar-refractivity contribution is -0.119. The van der Waals surface area contributed by atoms with Crippen molar-refractivity contribution in [3.8, 4) is 56.8 Å². The Balaban J connectivity index is 1.84. The number of ether oxygens (including phenoxy) is 6. The van der Waals surface area contributed by atoms with Crippen molar-refractivity contribution >= 4 is 19.0 Å². The summed E-state index contributed by atoms with van der Waals surface area (Å²) >= 11 is 0. The average Bonchev–Trinajstić information content (AvgIpc) is 3.21. The van der Waals surface area contributed by atoms with Gasteiger partial charge in [-0.15, -0.1) is 0 Å². The smallest absolute Gasteiger partial charge is 0.134 e. The molecule has 1 saturated heterocycles. The summed E-state index contributed by atoms with van der Waals surface area (Å²) < 4.78 is 36.1. The molecule has 5 aromatic rings. The molecule has 2 unspecified atom stereocenters. The summed E-state index contributed by atoms with van der Waals surface area (Å²) in [6, 6.07) is 31.4. The number of methoxy groups -OCH3 is 6. The van der Waals surface area contributed by atoms with Crippen LogP contribution in [0, 0.1) is 0 Å². The van der Waals surface area contributed by atoms with Gasteiger partial charge in [0.1, 0.15) is 40.3 Å². The van der Waals surface area contributed by atoms with Crippen LogP contribution in [0.15, 0.2) is 91.0 Å². The molecule has 8 heteroatoms. The Morgan fingerprint density at radius 3 is 1.20 bits per heavy atom. The third-order valence-corrected chi connectivity index (χ3v) is 14.0. The van der Waals surface area contributed by atoms with Crippen LogP contribution in [-0.2, 0) is 4.79 Å². The van der Waals surface area contributed by atoms with Crippen molar-refractivity contribution in [3.63, 3.8) is 0 Å². The summed E-state index contributed by atoms with van der Waals surface area (Å²) in [5, 5.41) is 1.11. The number of rotatable bonds is 13. The second-order valence-electron chi connectivity index (χ2n) is 14.5. The summed E-state index contributed by atoms with van der Waals surface area (Å²) in [4.78, 5) is 14.3. The third kappa shape index (κ3) is 7.64. The van der Waals surface area contributed by atoms with E-state index in [0.29, 0.717) is 47.3 Å². The zero-order valence-electron chi connectivity index (χ0n) is 33.7. The van der Waals surface area contributed by atoms with E-state index in [1.54, 1.807) is 42.7 Å². The van der Waals surface area contributed by atoms with Gasteiger partial charge in [0, 0.05) is 48.4 Å². The molecule has 1 aliphatic rings. The van der Waals surface area contributed by atoms with E-state index in [1.165, 1.54) is 22.3 Å². The molecule has 7 nitrogen and oxygen atoms in total. The molecule has 1 heterocycles. The highest BCUT2D eigenvalue weighted by molar-refractivity contribution is 7.67. The zero-order chi connectivity index (χ0) is 39.4. The molecule has 2 atom stereocenters. The number of carbonyl (C=O) groups excluding carboxylic acids is 1. The van der Waals surface area contributed by atoms with Crippen LogP contribution in [0.5, 0.6) is 34.5 Å². The quantitative estimate of drug-likeness (QED) is 0.111. The summed E-state index contributed by atoms with van der Waals surface area (Å²) in [7, 11) is 8.72. The Hall–Kier alpha value is -5.00. The summed E-state index contributed by atoms with van der Waals surface area (Å²) in [6.45, 7) is 8.93. The molecule has 0 aliphatic carbocycles. The molecule has 0 spiro atoms. The molecule has 0 radical (unpaired) electrons. The lowest BCUT2D eigenvalue weighted by Crippen LogP contribution is -2.27. The van der Waals surface area contributed by atoms with Crippen LogP contribution in [0.3, 0.4) is 0 Å². The molecule has 6 rings (SSSR count). The highest BCUT2D eigenvalue weighted by atomic mass is 31.1. The maximum atomic E-state index is 14.3. The molecular formula is C47H53O7P. The molecule has 288 valence electrons.